The molecule has 9 heteroatoms. The standard InChI is InChI=1S/C17H22N2O7/c1-9(2)18-17(23)19-14(20)10(3)26-13-7-11(15(21)24-4)6-12(8-13)16(22)25-5/h6-10H,1-5H3,(H2,18,19,20,23)/t10-/m0/s1. The molecule has 0 radical (unpaired) electrons. The fraction of sp³-hybridized carbons (Fsp3) is 0.412. The van der Waals surface area contributed by atoms with Crippen LogP contribution in [-0.4, -0.2) is 50.2 Å². The molecule has 0 saturated carbocycles. The number of hydrogen-bond donors (Lipinski definition) is 2. The Morgan fingerprint density at radius 2 is 1.38 bits per heavy atom. The van der Waals surface area contributed by atoms with Gasteiger partial charge in [0.05, 0.1) is 25.3 Å². The van der Waals surface area contributed by atoms with E-state index in [1.54, 1.807) is 13.8 Å². The minimum absolute atomic E-state index is 0.0514. The average Bonchev–Trinajstić information content (AvgIpc) is 2.58. The number of carbonyl (C=O) groups excluding carboxylic acids is 4. The van der Waals surface area contributed by atoms with Gasteiger partial charge in [0.25, 0.3) is 5.91 Å². The van der Waals surface area contributed by atoms with Crippen LogP contribution in [0.3, 0.4) is 0 Å². The summed E-state index contributed by atoms with van der Waals surface area (Å²) >= 11 is 0. The number of benzene rings is 1. The molecule has 0 unspecified atom stereocenters. The van der Waals surface area contributed by atoms with Gasteiger partial charge in [-0.1, -0.05) is 0 Å². The summed E-state index contributed by atoms with van der Waals surface area (Å²) in [7, 11) is 2.38. The highest BCUT2D eigenvalue weighted by Crippen LogP contribution is 2.20. The summed E-state index contributed by atoms with van der Waals surface area (Å²) in [6, 6.07) is 3.12. The lowest BCUT2D eigenvalue weighted by atomic mass is 10.1. The number of nitrogens with one attached hydrogen (secondary N) is 2. The van der Waals surface area contributed by atoms with Crippen LogP contribution in [0.5, 0.6) is 5.75 Å². The van der Waals surface area contributed by atoms with Crippen molar-refractivity contribution in [1.82, 2.24) is 10.6 Å². The summed E-state index contributed by atoms with van der Waals surface area (Å²) in [5.41, 5.74) is 0.103. The highest BCUT2D eigenvalue weighted by Gasteiger charge is 2.20. The van der Waals surface area contributed by atoms with Crippen LogP contribution in [0.4, 0.5) is 4.79 Å². The number of amides is 3. The Morgan fingerprint density at radius 1 is 0.885 bits per heavy atom. The number of rotatable bonds is 6. The lowest BCUT2D eigenvalue weighted by Crippen LogP contribution is -2.47. The molecule has 0 aromatic heterocycles. The van der Waals surface area contributed by atoms with Crippen molar-refractivity contribution in [3.8, 4) is 5.75 Å². The first kappa shape index (κ1) is 20.9. The van der Waals surface area contributed by atoms with Gasteiger partial charge in [-0.15, -0.1) is 0 Å². The van der Waals surface area contributed by atoms with Crippen molar-refractivity contribution in [3.05, 3.63) is 29.3 Å². The van der Waals surface area contributed by atoms with E-state index in [2.05, 4.69) is 20.1 Å². The molecule has 0 saturated heterocycles. The normalized spacial score (nSPS) is 11.3. The van der Waals surface area contributed by atoms with Crippen LogP contribution in [0.1, 0.15) is 41.5 Å². The van der Waals surface area contributed by atoms with Crippen molar-refractivity contribution in [3.63, 3.8) is 0 Å². The number of hydrogen-bond acceptors (Lipinski definition) is 7. The van der Waals surface area contributed by atoms with E-state index in [1.165, 1.54) is 39.3 Å². The first-order valence-electron chi connectivity index (χ1n) is 7.77. The molecule has 2 N–H and O–H groups in total. The van der Waals surface area contributed by atoms with Crippen molar-refractivity contribution in [2.75, 3.05) is 14.2 Å². The van der Waals surface area contributed by atoms with Gasteiger partial charge < -0.3 is 19.5 Å². The maximum atomic E-state index is 12.0. The van der Waals surface area contributed by atoms with E-state index < -0.39 is 30.0 Å². The van der Waals surface area contributed by atoms with Crippen LogP contribution in [-0.2, 0) is 14.3 Å². The van der Waals surface area contributed by atoms with Crippen molar-refractivity contribution in [2.45, 2.75) is 32.9 Å². The van der Waals surface area contributed by atoms with Gasteiger partial charge in [0.15, 0.2) is 6.10 Å². The van der Waals surface area contributed by atoms with Gasteiger partial charge in [-0.2, -0.15) is 0 Å². The Bertz CT molecular complexity index is 666. The topological polar surface area (TPSA) is 120 Å². The molecular weight excluding hydrogens is 344 g/mol. The molecule has 0 fully saturated rings. The minimum Gasteiger partial charge on any atom is -0.481 e. The number of urea groups is 1. The summed E-state index contributed by atoms with van der Waals surface area (Å²) in [6.07, 6.45) is -1.06. The van der Waals surface area contributed by atoms with Crippen LogP contribution < -0.4 is 15.4 Å². The van der Waals surface area contributed by atoms with Gasteiger partial charge in [0.2, 0.25) is 0 Å². The molecule has 1 atom stereocenters. The van der Waals surface area contributed by atoms with Crippen molar-refractivity contribution in [1.29, 1.82) is 0 Å². The number of methoxy groups -OCH3 is 2. The molecule has 142 valence electrons. The smallest absolute Gasteiger partial charge is 0.338 e. The second-order valence-corrected chi connectivity index (χ2v) is 5.61. The van der Waals surface area contributed by atoms with Gasteiger partial charge in [-0.05, 0) is 39.0 Å². The molecule has 9 nitrogen and oxygen atoms in total. The van der Waals surface area contributed by atoms with Crippen molar-refractivity contribution < 1.29 is 33.4 Å². The molecule has 1 aromatic carbocycles. The van der Waals surface area contributed by atoms with E-state index in [-0.39, 0.29) is 22.9 Å². The zero-order valence-electron chi connectivity index (χ0n) is 15.2. The van der Waals surface area contributed by atoms with Crippen LogP contribution in [0.15, 0.2) is 18.2 Å². The maximum absolute atomic E-state index is 12.0. The largest absolute Gasteiger partial charge is 0.481 e. The van der Waals surface area contributed by atoms with Gasteiger partial charge in [0, 0.05) is 6.04 Å². The SMILES string of the molecule is COC(=O)c1cc(O[C@@H](C)C(=O)NC(=O)NC(C)C)cc(C(=O)OC)c1. The van der Waals surface area contributed by atoms with Gasteiger partial charge in [0.1, 0.15) is 5.75 Å². The molecule has 0 aliphatic carbocycles. The molecule has 3 amide bonds. The Morgan fingerprint density at radius 3 is 1.81 bits per heavy atom. The zero-order chi connectivity index (χ0) is 19.9. The highest BCUT2D eigenvalue weighted by atomic mass is 16.5. The van der Waals surface area contributed by atoms with E-state index in [9.17, 15) is 19.2 Å². The third-order valence-electron chi connectivity index (χ3n) is 3.09. The third-order valence-corrected chi connectivity index (χ3v) is 3.09. The van der Waals surface area contributed by atoms with Crippen LogP contribution in [0, 0.1) is 0 Å². The highest BCUT2D eigenvalue weighted by molar-refractivity contribution is 5.97. The molecule has 0 aliphatic heterocycles. The van der Waals surface area contributed by atoms with E-state index in [0.717, 1.165) is 0 Å². The Hall–Kier alpha value is -3.10. The quantitative estimate of drug-likeness (QED) is 0.727. The van der Waals surface area contributed by atoms with E-state index in [1.807, 2.05) is 0 Å². The van der Waals surface area contributed by atoms with E-state index in [4.69, 9.17) is 4.74 Å². The average molecular weight is 366 g/mol. The molecule has 0 bridgehead atoms. The molecule has 0 heterocycles. The lowest BCUT2D eigenvalue weighted by molar-refractivity contribution is -0.126. The van der Waals surface area contributed by atoms with Crippen LogP contribution >= 0.6 is 0 Å². The second kappa shape index (κ2) is 9.40. The monoisotopic (exact) mass is 366 g/mol. The first-order valence-corrected chi connectivity index (χ1v) is 7.77. The van der Waals surface area contributed by atoms with Gasteiger partial charge >= 0.3 is 18.0 Å². The predicted molar refractivity (Wildman–Crippen MR) is 91.0 cm³/mol. The molecule has 0 aliphatic rings. The number of ether oxygens (including phenoxy) is 3. The van der Waals surface area contributed by atoms with Crippen molar-refractivity contribution >= 4 is 23.9 Å². The maximum Gasteiger partial charge on any atom is 0.338 e. The summed E-state index contributed by atoms with van der Waals surface area (Å²) in [5, 5.41) is 4.64. The van der Waals surface area contributed by atoms with Crippen LogP contribution in [0.2, 0.25) is 0 Å². The number of imide groups is 1. The Balaban J connectivity index is 2.96. The summed E-state index contributed by atoms with van der Waals surface area (Å²) in [4.78, 5) is 47.0. The summed E-state index contributed by atoms with van der Waals surface area (Å²) < 4.78 is 14.7. The third kappa shape index (κ3) is 6.08. The summed E-state index contributed by atoms with van der Waals surface area (Å²) in [5.74, 6) is -1.99. The number of carbonyl (C=O) groups is 4. The van der Waals surface area contributed by atoms with Gasteiger partial charge in [-0.3, -0.25) is 10.1 Å². The fourth-order valence-corrected chi connectivity index (χ4v) is 1.91. The first-order chi connectivity index (χ1) is 12.2. The molecular formula is C17H22N2O7. The zero-order valence-corrected chi connectivity index (χ0v) is 15.2. The molecule has 1 rings (SSSR count). The van der Waals surface area contributed by atoms with Gasteiger partial charge in [-0.25, -0.2) is 14.4 Å². The Kier molecular flexibility index (Phi) is 7.57. The lowest BCUT2D eigenvalue weighted by Gasteiger charge is -2.16. The fourth-order valence-electron chi connectivity index (χ4n) is 1.91. The second-order valence-electron chi connectivity index (χ2n) is 5.61. The minimum atomic E-state index is -1.06. The van der Waals surface area contributed by atoms with Crippen molar-refractivity contribution in [2.24, 2.45) is 0 Å². The predicted octanol–water partition coefficient (Wildman–Crippen LogP) is 1.26. The molecule has 1 aromatic rings. The number of esters is 2. The Labute approximate surface area is 151 Å². The summed E-state index contributed by atoms with van der Waals surface area (Å²) in [6.45, 7) is 4.91. The van der Waals surface area contributed by atoms with E-state index >= 15 is 0 Å². The molecule has 0 spiro atoms. The van der Waals surface area contributed by atoms with Crippen LogP contribution in [0.25, 0.3) is 0 Å². The van der Waals surface area contributed by atoms with E-state index in [0.29, 0.717) is 0 Å². The molecule has 26 heavy (non-hydrogen) atoms.